The number of halogens is 3. The molecule has 1 rings (SSSR count). The van der Waals surface area contributed by atoms with Gasteiger partial charge in [-0.1, -0.05) is 12.8 Å². The lowest BCUT2D eigenvalue weighted by Crippen LogP contribution is -2.47. The minimum absolute atomic E-state index is 0.0666. The molecule has 2 N–H and O–H groups in total. The van der Waals surface area contributed by atoms with Crippen LogP contribution >= 0.6 is 0 Å². The molecule has 0 aromatic heterocycles. The predicted octanol–water partition coefficient (Wildman–Crippen LogP) is 0.918. The van der Waals surface area contributed by atoms with Crippen molar-refractivity contribution in [3.8, 4) is 0 Å². The number of hydrogen-bond donors (Lipinski definition) is 2. The summed E-state index contributed by atoms with van der Waals surface area (Å²) in [5.74, 6) is -3.50. The normalized spacial score (nSPS) is 18.3. The summed E-state index contributed by atoms with van der Waals surface area (Å²) in [6, 6.07) is -1.44. The minimum Gasteiger partial charge on any atom is -0.480 e. The standard InChI is InChI=1S/C8H10F3NO3/c9-8(10,11)7(15)12-5(6(13)14)3-4-1-2-4/h4-5H,1-3H2,(H,12,15)(H,13,14)/t5-/m0/s1. The summed E-state index contributed by atoms with van der Waals surface area (Å²) in [5, 5.41) is 10.0. The maximum Gasteiger partial charge on any atom is 0.471 e. The van der Waals surface area contributed by atoms with Crippen LogP contribution in [0.15, 0.2) is 0 Å². The van der Waals surface area contributed by atoms with Gasteiger partial charge in [-0.3, -0.25) is 4.79 Å². The van der Waals surface area contributed by atoms with Crippen LogP contribution in [0.5, 0.6) is 0 Å². The van der Waals surface area contributed by atoms with Crippen LogP contribution in [0.4, 0.5) is 13.2 Å². The van der Waals surface area contributed by atoms with Gasteiger partial charge in [-0.15, -0.1) is 0 Å². The fourth-order valence-electron chi connectivity index (χ4n) is 1.15. The number of nitrogens with one attached hydrogen (secondary N) is 1. The molecule has 0 radical (unpaired) electrons. The molecule has 1 fully saturated rings. The van der Waals surface area contributed by atoms with Crippen molar-refractivity contribution in [2.45, 2.75) is 31.5 Å². The van der Waals surface area contributed by atoms with Gasteiger partial charge in [0.15, 0.2) is 0 Å². The van der Waals surface area contributed by atoms with Gasteiger partial charge in [0.25, 0.3) is 0 Å². The summed E-state index contributed by atoms with van der Waals surface area (Å²) in [6.45, 7) is 0. The molecule has 0 bridgehead atoms. The number of hydrogen-bond acceptors (Lipinski definition) is 2. The quantitative estimate of drug-likeness (QED) is 0.747. The number of rotatable bonds is 4. The van der Waals surface area contributed by atoms with Gasteiger partial charge in [0, 0.05) is 0 Å². The van der Waals surface area contributed by atoms with Gasteiger partial charge >= 0.3 is 18.1 Å². The maximum absolute atomic E-state index is 11.8. The predicted molar refractivity (Wildman–Crippen MR) is 43.0 cm³/mol. The summed E-state index contributed by atoms with van der Waals surface area (Å²) in [4.78, 5) is 21.0. The topological polar surface area (TPSA) is 66.4 Å². The van der Waals surface area contributed by atoms with Crippen LogP contribution < -0.4 is 5.32 Å². The lowest BCUT2D eigenvalue weighted by atomic mass is 10.1. The van der Waals surface area contributed by atoms with Gasteiger partial charge in [0.2, 0.25) is 0 Å². The number of carbonyl (C=O) groups is 2. The van der Waals surface area contributed by atoms with Crippen molar-refractivity contribution in [3.05, 3.63) is 0 Å². The number of carboxylic acids is 1. The van der Waals surface area contributed by atoms with Crippen LogP contribution in [0.1, 0.15) is 19.3 Å². The molecule has 1 aliphatic rings. The van der Waals surface area contributed by atoms with E-state index in [4.69, 9.17) is 5.11 Å². The molecular weight excluding hydrogens is 215 g/mol. The third kappa shape index (κ3) is 3.77. The molecule has 0 saturated heterocycles. The number of alkyl halides is 3. The Balaban J connectivity index is 2.50. The highest BCUT2D eigenvalue weighted by Gasteiger charge is 2.41. The van der Waals surface area contributed by atoms with Crippen LogP contribution in [0.2, 0.25) is 0 Å². The third-order valence-electron chi connectivity index (χ3n) is 2.13. The molecule has 0 aromatic rings. The van der Waals surface area contributed by atoms with Crippen molar-refractivity contribution < 1.29 is 27.9 Å². The molecule has 0 aromatic carbocycles. The van der Waals surface area contributed by atoms with E-state index in [2.05, 4.69) is 0 Å². The highest BCUT2D eigenvalue weighted by molar-refractivity contribution is 5.86. The molecule has 7 heteroatoms. The fraction of sp³-hybridized carbons (Fsp3) is 0.750. The van der Waals surface area contributed by atoms with Gasteiger partial charge in [0.1, 0.15) is 6.04 Å². The minimum atomic E-state index is -5.03. The van der Waals surface area contributed by atoms with Gasteiger partial charge in [0.05, 0.1) is 0 Å². The highest BCUT2D eigenvalue weighted by atomic mass is 19.4. The third-order valence-corrected chi connectivity index (χ3v) is 2.13. The van der Waals surface area contributed by atoms with Crippen LogP contribution in [0.25, 0.3) is 0 Å². The summed E-state index contributed by atoms with van der Waals surface area (Å²) >= 11 is 0. The second-order valence-electron chi connectivity index (χ2n) is 3.54. The van der Waals surface area contributed by atoms with Crippen molar-refractivity contribution in [2.75, 3.05) is 0 Å². The van der Waals surface area contributed by atoms with E-state index in [1.165, 1.54) is 5.32 Å². The van der Waals surface area contributed by atoms with E-state index in [-0.39, 0.29) is 12.3 Å². The van der Waals surface area contributed by atoms with Crippen LogP contribution in [0, 0.1) is 5.92 Å². The number of carboxylic acid groups (broad SMARTS) is 1. The number of aliphatic carboxylic acids is 1. The second kappa shape index (κ2) is 4.08. The lowest BCUT2D eigenvalue weighted by molar-refractivity contribution is -0.175. The average Bonchev–Trinajstić information content (AvgIpc) is 2.84. The van der Waals surface area contributed by atoms with Gasteiger partial charge in [-0.2, -0.15) is 13.2 Å². The lowest BCUT2D eigenvalue weighted by Gasteiger charge is -2.15. The molecule has 86 valence electrons. The van der Waals surface area contributed by atoms with Crippen LogP contribution in [0.3, 0.4) is 0 Å². The molecule has 15 heavy (non-hydrogen) atoms. The van der Waals surface area contributed by atoms with E-state index in [0.29, 0.717) is 0 Å². The molecule has 1 saturated carbocycles. The van der Waals surface area contributed by atoms with E-state index in [9.17, 15) is 22.8 Å². The molecule has 0 heterocycles. The Bertz CT molecular complexity index is 273. The Morgan fingerprint density at radius 1 is 1.40 bits per heavy atom. The zero-order valence-corrected chi connectivity index (χ0v) is 7.67. The van der Waals surface area contributed by atoms with Crippen molar-refractivity contribution in [3.63, 3.8) is 0 Å². The van der Waals surface area contributed by atoms with Crippen molar-refractivity contribution in [1.29, 1.82) is 0 Å². The van der Waals surface area contributed by atoms with Crippen molar-refractivity contribution >= 4 is 11.9 Å². The number of amides is 1. The Morgan fingerprint density at radius 3 is 2.27 bits per heavy atom. The van der Waals surface area contributed by atoms with Gasteiger partial charge < -0.3 is 10.4 Å². The largest absolute Gasteiger partial charge is 0.480 e. The van der Waals surface area contributed by atoms with Crippen molar-refractivity contribution in [2.24, 2.45) is 5.92 Å². The first kappa shape index (κ1) is 11.8. The molecular formula is C8H10F3NO3. The van der Waals surface area contributed by atoms with E-state index < -0.39 is 24.1 Å². The molecule has 4 nitrogen and oxygen atoms in total. The summed E-state index contributed by atoms with van der Waals surface area (Å²) in [6.07, 6.45) is -3.34. The second-order valence-corrected chi connectivity index (χ2v) is 3.54. The molecule has 1 atom stereocenters. The Labute approximate surface area is 83.5 Å². The molecule has 0 spiro atoms. The maximum atomic E-state index is 11.8. The summed E-state index contributed by atoms with van der Waals surface area (Å²) < 4.78 is 35.5. The smallest absolute Gasteiger partial charge is 0.471 e. The zero-order valence-electron chi connectivity index (χ0n) is 7.67. The average molecular weight is 225 g/mol. The van der Waals surface area contributed by atoms with Crippen LogP contribution in [-0.2, 0) is 9.59 Å². The summed E-state index contributed by atoms with van der Waals surface area (Å²) in [5.41, 5.74) is 0. The van der Waals surface area contributed by atoms with E-state index in [0.717, 1.165) is 12.8 Å². The first-order chi connectivity index (χ1) is 6.80. The van der Waals surface area contributed by atoms with E-state index in [1.54, 1.807) is 0 Å². The monoisotopic (exact) mass is 225 g/mol. The Kier molecular flexibility index (Phi) is 3.21. The van der Waals surface area contributed by atoms with Crippen molar-refractivity contribution in [1.82, 2.24) is 5.32 Å². The Hall–Kier alpha value is -1.27. The molecule has 0 aliphatic heterocycles. The highest BCUT2D eigenvalue weighted by Crippen LogP contribution is 2.33. The SMILES string of the molecule is O=C(O)[C@H](CC1CC1)NC(=O)C(F)(F)F. The van der Waals surface area contributed by atoms with E-state index >= 15 is 0 Å². The Morgan fingerprint density at radius 2 is 1.93 bits per heavy atom. The van der Waals surface area contributed by atoms with Gasteiger partial charge in [-0.05, 0) is 12.3 Å². The summed E-state index contributed by atoms with van der Waals surface area (Å²) in [7, 11) is 0. The van der Waals surface area contributed by atoms with Gasteiger partial charge in [-0.25, -0.2) is 4.79 Å². The zero-order chi connectivity index (χ0) is 11.6. The fourth-order valence-corrected chi connectivity index (χ4v) is 1.15. The molecule has 0 unspecified atom stereocenters. The van der Waals surface area contributed by atoms with Crippen LogP contribution in [-0.4, -0.2) is 29.2 Å². The first-order valence-electron chi connectivity index (χ1n) is 4.41. The van der Waals surface area contributed by atoms with E-state index in [1.807, 2.05) is 0 Å². The number of carbonyl (C=O) groups excluding carboxylic acids is 1. The molecule has 1 aliphatic carbocycles. The first-order valence-corrected chi connectivity index (χ1v) is 4.41. The molecule has 1 amide bonds.